The summed E-state index contributed by atoms with van der Waals surface area (Å²) in [6.45, 7) is 1.80. The Morgan fingerprint density at radius 1 is 1.08 bits per heavy atom. The number of aromatic nitrogens is 3. The summed E-state index contributed by atoms with van der Waals surface area (Å²) >= 11 is 0. The summed E-state index contributed by atoms with van der Waals surface area (Å²) in [5.74, 6) is -0.793. The van der Waals surface area contributed by atoms with Gasteiger partial charge in [-0.25, -0.2) is 4.68 Å². The van der Waals surface area contributed by atoms with Crippen molar-refractivity contribution in [3.63, 3.8) is 0 Å². The Bertz CT molecular complexity index is 1330. The summed E-state index contributed by atoms with van der Waals surface area (Å²) in [4.78, 5) is 40.0. The number of para-hydroxylation sites is 1. The Hall–Kier alpha value is -4.51. The first-order chi connectivity index (χ1) is 17.5. The molecule has 2 aromatic carbocycles. The van der Waals surface area contributed by atoms with E-state index in [0.717, 1.165) is 0 Å². The fourth-order valence-corrected chi connectivity index (χ4v) is 3.78. The van der Waals surface area contributed by atoms with Gasteiger partial charge in [0.25, 0.3) is 5.91 Å². The van der Waals surface area contributed by atoms with Gasteiger partial charge in [-0.1, -0.05) is 17.3 Å². The molecule has 2 aromatic heterocycles. The number of rotatable bonds is 10. The number of amides is 3. The van der Waals surface area contributed by atoms with Crippen molar-refractivity contribution in [2.45, 2.75) is 19.5 Å². The second-order valence-electron chi connectivity index (χ2n) is 7.93. The van der Waals surface area contributed by atoms with E-state index in [1.807, 2.05) is 18.2 Å². The van der Waals surface area contributed by atoms with E-state index in [2.05, 4.69) is 20.9 Å². The van der Waals surface area contributed by atoms with E-state index in [1.54, 1.807) is 42.5 Å². The number of methoxy groups -OCH3 is 1. The first kappa shape index (κ1) is 24.6. The van der Waals surface area contributed by atoms with Crippen LogP contribution in [0.25, 0.3) is 11.0 Å². The number of nitrogens with one attached hydrogen (secondary N) is 2. The number of fused-ring (bicyclic) bond motifs is 1. The Morgan fingerprint density at radius 2 is 1.86 bits per heavy atom. The molecule has 4 rings (SSSR count). The molecule has 2 heterocycles. The van der Waals surface area contributed by atoms with Crippen molar-refractivity contribution < 1.29 is 23.5 Å². The molecule has 0 fully saturated rings. The number of furan rings is 1. The SMILES string of the molecule is COCCNC(=O)[C@H](c1ccco1)N(C(=O)Cn1nnc2ccccc21)c1ccc(NC(C)=O)cc1. The van der Waals surface area contributed by atoms with Gasteiger partial charge in [0.15, 0.2) is 6.04 Å². The van der Waals surface area contributed by atoms with Crippen LogP contribution in [0.4, 0.5) is 11.4 Å². The molecule has 11 heteroatoms. The van der Waals surface area contributed by atoms with Gasteiger partial charge in [0.2, 0.25) is 11.8 Å². The predicted molar refractivity (Wildman–Crippen MR) is 132 cm³/mol. The van der Waals surface area contributed by atoms with Crippen LogP contribution in [0.5, 0.6) is 0 Å². The molecule has 0 saturated carbocycles. The van der Waals surface area contributed by atoms with Crippen molar-refractivity contribution in [2.75, 3.05) is 30.5 Å². The molecule has 3 amide bonds. The molecule has 1 atom stereocenters. The van der Waals surface area contributed by atoms with E-state index in [9.17, 15) is 14.4 Å². The third-order valence-electron chi connectivity index (χ3n) is 5.36. The van der Waals surface area contributed by atoms with Gasteiger partial charge in [-0.2, -0.15) is 0 Å². The van der Waals surface area contributed by atoms with E-state index in [0.29, 0.717) is 29.0 Å². The minimum atomic E-state index is -1.11. The summed E-state index contributed by atoms with van der Waals surface area (Å²) in [5.41, 5.74) is 2.32. The van der Waals surface area contributed by atoms with Crippen LogP contribution in [0.1, 0.15) is 18.7 Å². The number of benzene rings is 2. The molecule has 0 unspecified atom stereocenters. The molecule has 0 radical (unpaired) electrons. The predicted octanol–water partition coefficient (Wildman–Crippen LogP) is 2.52. The maximum atomic E-state index is 13.8. The molecule has 0 aliphatic rings. The van der Waals surface area contributed by atoms with Crippen LogP contribution < -0.4 is 15.5 Å². The zero-order chi connectivity index (χ0) is 25.5. The molecular weight excluding hydrogens is 464 g/mol. The lowest BCUT2D eigenvalue weighted by Crippen LogP contribution is -2.45. The van der Waals surface area contributed by atoms with Gasteiger partial charge in [0.05, 0.1) is 18.4 Å². The fraction of sp³-hybridized carbons (Fsp3) is 0.240. The molecule has 0 saturated heterocycles. The van der Waals surface area contributed by atoms with Crippen molar-refractivity contribution in [1.82, 2.24) is 20.3 Å². The monoisotopic (exact) mass is 490 g/mol. The first-order valence-corrected chi connectivity index (χ1v) is 11.3. The Balaban J connectivity index is 1.73. The molecule has 0 aliphatic carbocycles. The van der Waals surface area contributed by atoms with Crippen molar-refractivity contribution in [2.24, 2.45) is 0 Å². The standard InChI is InChI=1S/C25H26N6O5/c1-17(32)27-18-9-11-19(12-10-18)31(23(33)16-30-21-7-4-3-6-20(21)28-29-30)24(22-8-5-14-36-22)25(34)26-13-15-35-2/h3-12,14,24H,13,15-16H2,1-2H3,(H,26,34)(H,27,32)/t24-/m0/s1. The van der Waals surface area contributed by atoms with Gasteiger partial charge in [0, 0.05) is 32.0 Å². The van der Waals surface area contributed by atoms with Crippen LogP contribution in [-0.2, 0) is 25.7 Å². The van der Waals surface area contributed by atoms with E-state index < -0.39 is 17.9 Å². The van der Waals surface area contributed by atoms with Gasteiger partial charge in [-0.15, -0.1) is 5.10 Å². The third-order valence-corrected chi connectivity index (χ3v) is 5.36. The maximum Gasteiger partial charge on any atom is 0.251 e. The molecule has 0 aliphatic heterocycles. The zero-order valence-electron chi connectivity index (χ0n) is 19.9. The molecular formula is C25H26N6O5. The smallest absolute Gasteiger partial charge is 0.251 e. The largest absolute Gasteiger partial charge is 0.467 e. The number of anilines is 2. The van der Waals surface area contributed by atoms with Gasteiger partial charge >= 0.3 is 0 Å². The van der Waals surface area contributed by atoms with Crippen LogP contribution in [0, 0.1) is 0 Å². The maximum absolute atomic E-state index is 13.8. The Labute approximate surface area is 207 Å². The molecule has 0 bridgehead atoms. The highest BCUT2D eigenvalue weighted by molar-refractivity contribution is 6.01. The average molecular weight is 491 g/mol. The number of carbonyl (C=O) groups excluding carboxylic acids is 3. The second kappa shape index (κ2) is 11.3. The highest BCUT2D eigenvalue weighted by atomic mass is 16.5. The third kappa shape index (κ3) is 5.58. The number of hydrogen-bond donors (Lipinski definition) is 2. The highest BCUT2D eigenvalue weighted by Crippen LogP contribution is 2.30. The summed E-state index contributed by atoms with van der Waals surface area (Å²) in [6, 6.07) is 16.1. The number of nitrogens with zero attached hydrogens (tertiary/aromatic N) is 4. The Morgan fingerprint density at radius 3 is 2.56 bits per heavy atom. The van der Waals surface area contributed by atoms with E-state index in [1.165, 1.54) is 29.9 Å². The lowest BCUT2D eigenvalue weighted by atomic mass is 10.1. The first-order valence-electron chi connectivity index (χ1n) is 11.3. The molecule has 186 valence electrons. The molecule has 4 aromatic rings. The van der Waals surface area contributed by atoms with E-state index >= 15 is 0 Å². The normalized spacial score (nSPS) is 11.7. The summed E-state index contributed by atoms with van der Waals surface area (Å²) in [5, 5.41) is 13.7. The van der Waals surface area contributed by atoms with E-state index in [-0.39, 0.29) is 24.8 Å². The minimum absolute atomic E-state index is 0.170. The summed E-state index contributed by atoms with van der Waals surface area (Å²) < 4.78 is 12.1. The van der Waals surface area contributed by atoms with Crippen molar-refractivity contribution in [3.05, 3.63) is 72.7 Å². The molecule has 0 spiro atoms. The summed E-state index contributed by atoms with van der Waals surface area (Å²) in [7, 11) is 1.53. The highest BCUT2D eigenvalue weighted by Gasteiger charge is 2.35. The topological polar surface area (TPSA) is 132 Å². The van der Waals surface area contributed by atoms with Crippen molar-refractivity contribution in [3.8, 4) is 0 Å². The number of carbonyl (C=O) groups is 3. The van der Waals surface area contributed by atoms with Crippen LogP contribution in [0.2, 0.25) is 0 Å². The quantitative estimate of drug-likeness (QED) is 0.327. The van der Waals surface area contributed by atoms with Crippen molar-refractivity contribution in [1.29, 1.82) is 0 Å². The Kier molecular flexibility index (Phi) is 7.71. The van der Waals surface area contributed by atoms with Gasteiger partial charge in [0.1, 0.15) is 17.8 Å². The van der Waals surface area contributed by atoms with Crippen molar-refractivity contribution >= 4 is 40.1 Å². The average Bonchev–Trinajstić information content (AvgIpc) is 3.53. The van der Waals surface area contributed by atoms with Crippen LogP contribution >= 0.6 is 0 Å². The summed E-state index contributed by atoms with van der Waals surface area (Å²) in [6.07, 6.45) is 1.44. The number of hydrogen-bond acceptors (Lipinski definition) is 7. The lowest BCUT2D eigenvalue weighted by Gasteiger charge is -2.30. The van der Waals surface area contributed by atoms with Gasteiger partial charge in [-0.05, 0) is 48.5 Å². The number of ether oxygens (including phenoxy) is 1. The van der Waals surface area contributed by atoms with Crippen LogP contribution in [0.3, 0.4) is 0 Å². The van der Waals surface area contributed by atoms with Gasteiger partial charge in [-0.3, -0.25) is 19.3 Å². The molecule has 36 heavy (non-hydrogen) atoms. The molecule has 2 N–H and O–H groups in total. The lowest BCUT2D eigenvalue weighted by molar-refractivity contribution is -0.127. The van der Waals surface area contributed by atoms with E-state index in [4.69, 9.17) is 9.15 Å². The minimum Gasteiger partial charge on any atom is -0.467 e. The van der Waals surface area contributed by atoms with Crippen LogP contribution in [-0.4, -0.2) is 53.0 Å². The second-order valence-corrected chi connectivity index (χ2v) is 7.93. The van der Waals surface area contributed by atoms with Gasteiger partial charge < -0.3 is 19.8 Å². The van der Waals surface area contributed by atoms with Crippen LogP contribution in [0.15, 0.2) is 71.3 Å². The molecule has 11 nitrogen and oxygen atoms in total. The zero-order valence-corrected chi connectivity index (χ0v) is 19.9. The fourth-order valence-electron chi connectivity index (χ4n) is 3.78.